The van der Waals surface area contributed by atoms with Crippen LogP contribution in [0.25, 0.3) is 10.9 Å². The third-order valence-corrected chi connectivity index (χ3v) is 5.18. The SMILES string of the molecule is COC(=O)[C@@H]1CN(C(=O)COC(=O)c2ccc3ccccc3n2)CCS1. The van der Waals surface area contributed by atoms with Crippen molar-refractivity contribution in [3.8, 4) is 0 Å². The Morgan fingerprint density at radius 2 is 2.04 bits per heavy atom. The molecule has 0 aliphatic carbocycles. The minimum atomic E-state index is -0.653. The van der Waals surface area contributed by atoms with Crippen LogP contribution in [0.5, 0.6) is 0 Å². The Morgan fingerprint density at radius 1 is 1.23 bits per heavy atom. The molecule has 2 aromatic rings. The lowest BCUT2D eigenvalue weighted by Gasteiger charge is -2.30. The number of aromatic nitrogens is 1. The predicted molar refractivity (Wildman–Crippen MR) is 96.9 cm³/mol. The Balaban J connectivity index is 1.57. The highest BCUT2D eigenvalue weighted by Gasteiger charge is 2.30. The second kappa shape index (κ2) is 8.18. The van der Waals surface area contributed by atoms with Gasteiger partial charge in [-0.15, -0.1) is 11.8 Å². The fourth-order valence-corrected chi connectivity index (χ4v) is 3.75. The number of pyridine rings is 1. The number of carbonyl (C=O) groups is 3. The molecule has 0 N–H and O–H groups in total. The maximum Gasteiger partial charge on any atom is 0.357 e. The minimum Gasteiger partial charge on any atom is -0.468 e. The standard InChI is InChI=1S/C18H18N2O5S/c1-24-18(23)15-10-20(8-9-26-15)16(21)11-25-17(22)14-7-6-12-4-2-3-5-13(12)19-14/h2-7,15H,8-11H2,1H3/t15-/m0/s1. The number of para-hydroxylation sites is 1. The lowest BCUT2D eigenvalue weighted by Crippen LogP contribution is -2.46. The molecular formula is C18H18N2O5S. The van der Waals surface area contributed by atoms with Crippen LogP contribution in [0.3, 0.4) is 0 Å². The molecule has 0 saturated carbocycles. The zero-order chi connectivity index (χ0) is 18.5. The Morgan fingerprint density at radius 3 is 2.85 bits per heavy atom. The number of thioether (sulfide) groups is 1. The van der Waals surface area contributed by atoms with Gasteiger partial charge in [-0.05, 0) is 12.1 Å². The number of hydrogen-bond donors (Lipinski definition) is 0. The van der Waals surface area contributed by atoms with E-state index in [1.165, 1.54) is 23.8 Å². The number of hydrogen-bond acceptors (Lipinski definition) is 7. The van der Waals surface area contributed by atoms with Crippen molar-refractivity contribution >= 4 is 40.5 Å². The van der Waals surface area contributed by atoms with Crippen LogP contribution in [0.4, 0.5) is 0 Å². The first-order valence-electron chi connectivity index (χ1n) is 8.08. The average molecular weight is 374 g/mol. The van der Waals surface area contributed by atoms with Gasteiger partial charge in [-0.3, -0.25) is 9.59 Å². The summed E-state index contributed by atoms with van der Waals surface area (Å²) >= 11 is 1.45. The fraction of sp³-hybridized carbons (Fsp3) is 0.333. The van der Waals surface area contributed by atoms with Crippen LogP contribution in [0, 0.1) is 0 Å². The topological polar surface area (TPSA) is 85.8 Å². The largest absolute Gasteiger partial charge is 0.468 e. The lowest BCUT2D eigenvalue weighted by atomic mass is 10.2. The summed E-state index contributed by atoms with van der Waals surface area (Å²) in [6.07, 6.45) is 0. The number of rotatable bonds is 4. The van der Waals surface area contributed by atoms with E-state index in [4.69, 9.17) is 9.47 Å². The number of fused-ring (bicyclic) bond motifs is 1. The first-order valence-corrected chi connectivity index (χ1v) is 9.13. The molecule has 0 radical (unpaired) electrons. The van der Waals surface area contributed by atoms with Crippen LogP contribution in [0.1, 0.15) is 10.5 Å². The van der Waals surface area contributed by atoms with E-state index in [2.05, 4.69) is 4.98 Å². The molecule has 1 aromatic carbocycles. The summed E-state index contributed by atoms with van der Waals surface area (Å²) in [6, 6.07) is 10.8. The molecular weight excluding hydrogens is 356 g/mol. The smallest absolute Gasteiger partial charge is 0.357 e. The van der Waals surface area contributed by atoms with Crippen LogP contribution >= 0.6 is 11.8 Å². The number of carbonyl (C=O) groups excluding carboxylic acids is 3. The summed E-state index contributed by atoms with van der Waals surface area (Å²) in [5.74, 6) is -0.718. The van der Waals surface area contributed by atoms with Gasteiger partial charge in [-0.25, -0.2) is 9.78 Å². The molecule has 136 valence electrons. The molecule has 1 aliphatic rings. The quantitative estimate of drug-likeness (QED) is 0.750. The lowest BCUT2D eigenvalue weighted by molar-refractivity contribution is -0.141. The molecule has 2 heterocycles. The molecule has 1 fully saturated rings. The van der Waals surface area contributed by atoms with Gasteiger partial charge < -0.3 is 14.4 Å². The molecule has 7 nitrogen and oxygen atoms in total. The Hall–Kier alpha value is -2.61. The third-order valence-electron chi connectivity index (χ3n) is 4.02. The van der Waals surface area contributed by atoms with E-state index in [1.807, 2.05) is 18.2 Å². The van der Waals surface area contributed by atoms with Gasteiger partial charge in [-0.2, -0.15) is 0 Å². The minimum absolute atomic E-state index is 0.151. The molecule has 1 amide bonds. The van der Waals surface area contributed by atoms with Crippen molar-refractivity contribution in [3.05, 3.63) is 42.1 Å². The maximum absolute atomic E-state index is 12.3. The summed E-state index contributed by atoms with van der Waals surface area (Å²) in [7, 11) is 1.32. The second-order valence-corrected chi connectivity index (χ2v) is 7.00. The van der Waals surface area contributed by atoms with E-state index < -0.39 is 11.2 Å². The molecule has 1 aliphatic heterocycles. The van der Waals surface area contributed by atoms with Gasteiger partial charge in [0.05, 0.1) is 12.6 Å². The van der Waals surface area contributed by atoms with Gasteiger partial charge in [0.2, 0.25) is 0 Å². The summed E-state index contributed by atoms with van der Waals surface area (Å²) in [5, 5.41) is 0.510. The fourth-order valence-electron chi connectivity index (χ4n) is 2.62. The van der Waals surface area contributed by atoms with Crippen LogP contribution < -0.4 is 0 Å². The molecule has 1 aromatic heterocycles. The van der Waals surface area contributed by atoms with Crippen LogP contribution in [0.15, 0.2) is 36.4 Å². The van der Waals surface area contributed by atoms with Crippen molar-refractivity contribution < 1.29 is 23.9 Å². The number of ether oxygens (including phenoxy) is 2. The van der Waals surface area contributed by atoms with Crippen molar-refractivity contribution in [2.45, 2.75) is 5.25 Å². The van der Waals surface area contributed by atoms with Crippen molar-refractivity contribution in [2.24, 2.45) is 0 Å². The van der Waals surface area contributed by atoms with E-state index in [-0.39, 0.29) is 30.7 Å². The molecule has 0 bridgehead atoms. The molecule has 8 heteroatoms. The van der Waals surface area contributed by atoms with Crippen LogP contribution in [-0.2, 0) is 19.1 Å². The molecule has 1 saturated heterocycles. The van der Waals surface area contributed by atoms with Crippen molar-refractivity contribution in [2.75, 3.05) is 32.6 Å². The van der Waals surface area contributed by atoms with E-state index >= 15 is 0 Å². The Labute approximate surface area is 154 Å². The van der Waals surface area contributed by atoms with Crippen LogP contribution in [0.2, 0.25) is 0 Å². The average Bonchev–Trinajstić information content (AvgIpc) is 2.70. The monoisotopic (exact) mass is 374 g/mol. The second-order valence-electron chi connectivity index (χ2n) is 5.69. The molecule has 0 unspecified atom stereocenters. The van der Waals surface area contributed by atoms with Crippen LogP contribution in [-0.4, -0.2) is 65.5 Å². The Bertz CT molecular complexity index is 841. The predicted octanol–water partition coefficient (Wildman–Crippen LogP) is 1.51. The summed E-state index contributed by atoms with van der Waals surface area (Å²) in [6.45, 7) is 0.372. The van der Waals surface area contributed by atoms with Gasteiger partial charge in [0, 0.05) is 24.2 Å². The first-order chi connectivity index (χ1) is 12.6. The molecule has 26 heavy (non-hydrogen) atoms. The zero-order valence-corrected chi connectivity index (χ0v) is 15.0. The zero-order valence-electron chi connectivity index (χ0n) is 14.2. The number of esters is 2. The van der Waals surface area contributed by atoms with Crippen molar-refractivity contribution in [1.82, 2.24) is 9.88 Å². The maximum atomic E-state index is 12.3. The van der Waals surface area contributed by atoms with E-state index in [0.717, 1.165) is 5.39 Å². The highest BCUT2D eigenvalue weighted by Crippen LogP contribution is 2.20. The van der Waals surface area contributed by atoms with Crippen molar-refractivity contribution in [3.63, 3.8) is 0 Å². The van der Waals surface area contributed by atoms with Gasteiger partial charge in [0.25, 0.3) is 5.91 Å². The van der Waals surface area contributed by atoms with E-state index in [0.29, 0.717) is 17.8 Å². The normalized spacial score (nSPS) is 17.0. The van der Waals surface area contributed by atoms with Gasteiger partial charge in [-0.1, -0.05) is 24.3 Å². The van der Waals surface area contributed by atoms with Gasteiger partial charge >= 0.3 is 11.9 Å². The van der Waals surface area contributed by atoms with E-state index in [9.17, 15) is 14.4 Å². The van der Waals surface area contributed by atoms with Gasteiger partial charge in [0.15, 0.2) is 6.61 Å². The first kappa shape index (κ1) is 18.2. The Kier molecular flexibility index (Phi) is 5.72. The molecule has 0 spiro atoms. The van der Waals surface area contributed by atoms with E-state index in [1.54, 1.807) is 18.2 Å². The van der Waals surface area contributed by atoms with Crippen molar-refractivity contribution in [1.29, 1.82) is 0 Å². The third kappa shape index (κ3) is 4.13. The number of amides is 1. The highest BCUT2D eigenvalue weighted by molar-refractivity contribution is 8.00. The summed E-state index contributed by atoms with van der Waals surface area (Å²) < 4.78 is 9.82. The number of methoxy groups -OCH3 is 1. The number of benzene rings is 1. The molecule has 1 atom stereocenters. The highest BCUT2D eigenvalue weighted by atomic mass is 32.2. The van der Waals surface area contributed by atoms with Gasteiger partial charge in [0.1, 0.15) is 10.9 Å². The number of nitrogens with zero attached hydrogens (tertiary/aromatic N) is 2. The summed E-state index contributed by atoms with van der Waals surface area (Å²) in [5.41, 5.74) is 0.834. The molecule has 3 rings (SSSR count). The summed E-state index contributed by atoms with van der Waals surface area (Å²) in [4.78, 5) is 41.8.